The number of fused-ring (bicyclic) bond motifs is 1. The number of hydrogen-bond donors (Lipinski definition) is 1. The number of aromatic nitrogens is 1. The molecule has 0 unspecified atom stereocenters. The molecule has 12 heteroatoms. The highest BCUT2D eigenvalue weighted by Gasteiger charge is 2.33. The van der Waals surface area contributed by atoms with Gasteiger partial charge in [-0.3, -0.25) is 4.79 Å². The van der Waals surface area contributed by atoms with Crippen molar-refractivity contribution in [3.05, 3.63) is 87.6 Å². The molecule has 47 heavy (non-hydrogen) atoms. The van der Waals surface area contributed by atoms with E-state index in [1.807, 2.05) is 52.8 Å². The molecule has 5 rings (SSSR count). The van der Waals surface area contributed by atoms with E-state index in [0.717, 1.165) is 63.3 Å². The summed E-state index contributed by atoms with van der Waals surface area (Å²) in [5, 5.41) is 1.71. The van der Waals surface area contributed by atoms with E-state index in [1.165, 1.54) is 28.6 Å². The number of halogens is 1. The van der Waals surface area contributed by atoms with Gasteiger partial charge in [-0.05, 0) is 119 Å². The third-order valence-electron chi connectivity index (χ3n) is 9.12. The fourth-order valence-electron chi connectivity index (χ4n) is 6.35. The first-order chi connectivity index (χ1) is 22.2. The number of carbonyl (C=O) groups is 1. The van der Waals surface area contributed by atoms with Crippen molar-refractivity contribution in [3.63, 3.8) is 0 Å². The van der Waals surface area contributed by atoms with Crippen LogP contribution in [0, 0.1) is 27.7 Å². The molecule has 1 aliphatic heterocycles. The van der Waals surface area contributed by atoms with Gasteiger partial charge in [0, 0.05) is 46.3 Å². The summed E-state index contributed by atoms with van der Waals surface area (Å²) >= 11 is 6.28. The van der Waals surface area contributed by atoms with Gasteiger partial charge in [0.1, 0.15) is 5.75 Å². The van der Waals surface area contributed by atoms with Crippen molar-refractivity contribution in [2.45, 2.75) is 89.1 Å². The number of sulfonamides is 2. The molecule has 4 aromatic rings. The zero-order chi connectivity index (χ0) is 34.1. The normalized spacial score (nSPS) is 16.0. The topological polar surface area (TPSA) is 115 Å². The van der Waals surface area contributed by atoms with Crippen LogP contribution < -0.4 is 9.46 Å². The van der Waals surface area contributed by atoms with E-state index in [9.17, 15) is 21.6 Å². The highest BCUT2D eigenvalue weighted by atomic mass is 35.5. The average molecular weight is 700 g/mol. The predicted molar refractivity (Wildman–Crippen MR) is 185 cm³/mol. The number of hydrogen-bond acceptors (Lipinski definition) is 6. The van der Waals surface area contributed by atoms with Gasteiger partial charge in [0.05, 0.1) is 16.4 Å². The first-order valence-electron chi connectivity index (χ1n) is 15.9. The molecule has 1 aliphatic rings. The lowest BCUT2D eigenvalue weighted by molar-refractivity contribution is 0.0981. The summed E-state index contributed by atoms with van der Waals surface area (Å²) in [6.45, 7) is 11.5. The van der Waals surface area contributed by atoms with E-state index in [1.54, 1.807) is 12.1 Å². The van der Waals surface area contributed by atoms with E-state index >= 15 is 0 Å². The molecule has 0 saturated carbocycles. The molecule has 1 amide bonds. The molecule has 0 aliphatic carbocycles. The van der Waals surface area contributed by atoms with Crippen LogP contribution in [-0.2, 0) is 26.6 Å². The Labute approximate surface area is 283 Å². The van der Waals surface area contributed by atoms with Crippen molar-refractivity contribution < 1.29 is 26.4 Å². The second-order valence-electron chi connectivity index (χ2n) is 12.2. The molecule has 1 aromatic heterocycles. The number of amides is 1. The van der Waals surface area contributed by atoms with Gasteiger partial charge in [-0.15, -0.1) is 0 Å². The Bertz CT molecular complexity index is 2000. The minimum absolute atomic E-state index is 0.0314. The van der Waals surface area contributed by atoms with Crippen LogP contribution in [0.15, 0.2) is 64.4 Å². The van der Waals surface area contributed by atoms with Crippen LogP contribution in [-0.4, -0.2) is 50.8 Å². The summed E-state index contributed by atoms with van der Waals surface area (Å²) in [6, 6.07) is 13.9. The molecule has 0 radical (unpaired) electrons. The molecule has 2 heterocycles. The van der Waals surface area contributed by atoms with Crippen LogP contribution in [0.2, 0.25) is 5.02 Å². The highest BCUT2D eigenvalue weighted by Crippen LogP contribution is 2.30. The van der Waals surface area contributed by atoms with Crippen molar-refractivity contribution in [1.29, 1.82) is 0 Å². The second-order valence-corrected chi connectivity index (χ2v) is 16.2. The van der Waals surface area contributed by atoms with Gasteiger partial charge in [0.15, 0.2) is 0 Å². The van der Waals surface area contributed by atoms with Crippen molar-refractivity contribution in [2.24, 2.45) is 0 Å². The summed E-state index contributed by atoms with van der Waals surface area (Å²) in [7, 11) is -8.04. The van der Waals surface area contributed by atoms with Crippen molar-refractivity contribution in [2.75, 3.05) is 13.2 Å². The fourth-order valence-corrected chi connectivity index (χ4v) is 9.20. The molecular weight excluding hydrogens is 658 g/mol. The van der Waals surface area contributed by atoms with Crippen LogP contribution in [0.25, 0.3) is 10.9 Å². The average Bonchev–Trinajstić information content (AvgIpc) is 3.29. The van der Waals surface area contributed by atoms with Crippen LogP contribution in [0.5, 0.6) is 5.75 Å². The first-order valence-corrected chi connectivity index (χ1v) is 19.2. The Morgan fingerprint density at radius 2 is 1.60 bits per heavy atom. The number of ether oxygens (including phenoxy) is 1. The van der Waals surface area contributed by atoms with Gasteiger partial charge in [-0.25, -0.2) is 21.6 Å². The highest BCUT2D eigenvalue weighted by molar-refractivity contribution is 7.90. The largest absolute Gasteiger partial charge is 0.494 e. The number of piperidine rings is 1. The van der Waals surface area contributed by atoms with Crippen LogP contribution >= 0.6 is 11.6 Å². The number of nitrogens with zero attached hydrogens (tertiary/aromatic N) is 2. The van der Waals surface area contributed by atoms with Gasteiger partial charge in [-0.2, -0.15) is 4.31 Å². The van der Waals surface area contributed by atoms with Gasteiger partial charge in [0.25, 0.3) is 15.9 Å². The fraction of sp³-hybridized carbons (Fsp3) is 0.400. The van der Waals surface area contributed by atoms with Gasteiger partial charge in [0.2, 0.25) is 10.0 Å². The van der Waals surface area contributed by atoms with Crippen LogP contribution in [0.4, 0.5) is 0 Å². The lowest BCUT2D eigenvalue weighted by Crippen LogP contribution is -2.43. The lowest BCUT2D eigenvalue weighted by Gasteiger charge is -2.34. The Morgan fingerprint density at radius 1 is 0.936 bits per heavy atom. The molecular formula is C35H42ClN3O6S2. The summed E-state index contributed by atoms with van der Waals surface area (Å²) in [5.41, 5.74) is 5.06. The number of rotatable bonds is 11. The van der Waals surface area contributed by atoms with Crippen LogP contribution in [0.3, 0.4) is 0 Å². The zero-order valence-corrected chi connectivity index (χ0v) is 29.9. The monoisotopic (exact) mass is 699 g/mol. The van der Waals surface area contributed by atoms with E-state index < -0.39 is 26.0 Å². The Kier molecular flexibility index (Phi) is 10.4. The molecule has 0 bridgehead atoms. The third kappa shape index (κ3) is 7.23. The maximum Gasteiger partial charge on any atom is 0.265 e. The predicted octanol–water partition coefficient (Wildman–Crippen LogP) is 7.07. The molecule has 3 aromatic carbocycles. The van der Waals surface area contributed by atoms with E-state index in [2.05, 4.69) is 9.29 Å². The smallest absolute Gasteiger partial charge is 0.265 e. The Hall–Kier alpha value is -3.38. The van der Waals surface area contributed by atoms with E-state index in [-0.39, 0.29) is 21.4 Å². The SMILES string of the molecule is CC[C@H]1CCCCN1S(=O)(=O)c1ccc(S(=O)(=O)NC(=O)c2ccc3c(C)c(C)n(CCCOc4cc(C)c(Cl)c(C)c4)c3c2)cc1. The number of aryl methyl sites for hydroxylation is 4. The maximum absolute atomic E-state index is 13.3. The summed E-state index contributed by atoms with van der Waals surface area (Å²) < 4.78 is 64.8. The quantitative estimate of drug-likeness (QED) is 0.168. The zero-order valence-electron chi connectivity index (χ0n) is 27.5. The summed E-state index contributed by atoms with van der Waals surface area (Å²) in [5.74, 6) is -0.0131. The Balaban J connectivity index is 1.29. The summed E-state index contributed by atoms with van der Waals surface area (Å²) in [6.07, 6.45) is 4.01. The molecule has 1 fully saturated rings. The number of nitrogens with one attached hydrogen (secondary N) is 1. The second kappa shape index (κ2) is 14.0. The van der Waals surface area contributed by atoms with Crippen molar-refractivity contribution in [3.8, 4) is 5.75 Å². The summed E-state index contributed by atoms with van der Waals surface area (Å²) in [4.78, 5) is 13.1. The van der Waals surface area contributed by atoms with Crippen LogP contribution in [0.1, 0.15) is 71.8 Å². The third-order valence-corrected chi connectivity index (χ3v) is 13.0. The van der Waals surface area contributed by atoms with Crippen molar-refractivity contribution in [1.82, 2.24) is 13.6 Å². The Morgan fingerprint density at radius 3 is 2.26 bits per heavy atom. The molecule has 1 N–H and O–H groups in total. The minimum atomic E-state index is -4.27. The first kappa shape index (κ1) is 34.9. The van der Waals surface area contributed by atoms with Gasteiger partial charge >= 0.3 is 0 Å². The molecule has 9 nitrogen and oxygen atoms in total. The standard InChI is InChI=1S/C35H42ClN3O6S2/c1-6-28-10-7-8-18-39(28)47(43,44)31-14-12-30(13-15-31)46(41,42)37-35(40)27-11-16-32-25(4)26(5)38(33(32)22-27)17-9-19-45-29-20-23(2)34(36)24(3)21-29/h11-16,20-22,28H,6-10,17-19H2,1-5H3,(H,37,40)/t28-/m0/s1. The molecule has 0 spiro atoms. The minimum Gasteiger partial charge on any atom is -0.494 e. The molecule has 1 atom stereocenters. The molecule has 252 valence electrons. The van der Waals surface area contributed by atoms with Gasteiger partial charge < -0.3 is 9.30 Å². The number of benzene rings is 3. The van der Waals surface area contributed by atoms with Gasteiger partial charge in [-0.1, -0.05) is 31.0 Å². The van der Waals surface area contributed by atoms with E-state index in [4.69, 9.17) is 16.3 Å². The maximum atomic E-state index is 13.3. The number of carbonyl (C=O) groups excluding carboxylic acids is 1. The van der Waals surface area contributed by atoms with E-state index in [0.29, 0.717) is 32.5 Å². The molecule has 1 saturated heterocycles. The van der Waals surface area contributed by atoms with Crippen molar-refractivity contribution >= 4 is 48.5 Å². The lowest BCUT2D eigenvalue weighted by atomic mass is 10.0.